The van der Waals surface area contributed by atoms with Crippen LogP contribution in [-0.4, -0.2) is 40.2 Å². The number of carbonyl (C=O) groups is 1. The summed E-state index contributed by atoms with van der Waals surface area (Å²) in [4.78, 5) is 13.7. The summed E-state index contributed by atoms with van der Waals surface area (Å²) in [5.41, 5.74) is 0.771. The molecule has 0 spiro atoms. The van der Waals surface area contributed by atoms with Crippen molar-refractivity contribution in [3.63, 3.8) is 0 Å². The van der Waals surface area contributed by atoms with Gasteiger partial charge >= 0.3 is 0 Å². The maximum atomic E-state index is 12.2. The number of hydrogen-bond donors (Lipinski definition) is 0. The van der Waals surface area contributed by atoms with Crippen LogP contribution in [0.1, 0.15) is 0 Å². The zero-order valence-corrected chi connectivity index (χ0v) is 15.9. The van der Waals surface area contributed by atoms with Crippen LogP contribution in [0, 0.1) is 0 Å². The Morgan fingerprint density at radius 3 is 2.23 bits per heavy atom. The molecule has 0 heterocycles. The van der Waals surface area contributed by atoms with Crippen molar-refractivity contribution >= 4 is 44.7 Å². The van der Waals surface area contributed by atoms with Gasteiger partial charge < -0.3 is 19.1 Å². The zero-order chi connectivity index (χ0) is 18.8. The van der Waals surface area contributed by atoms with Crippen LogP contribution < -0.4 is 19.1 Å². The standard InChI is InChI=1S/C20H20ClNO4/c1-22(20(23)11-21)17-7-12-8-18(25-3)19(26-4)10-15(12)16-9-13(24-2)5-6-14(16)17/h5-10H,11H2,1-4H3. The molecule has 0 aliphatic rings. The van der Waals surface area contributed by atoms with E-state index in [1.807, 2.05) is 36.4 Å². The lowest BCUT2D eigenvalue weighted by Gasteiger charge is -2.21. The SMILES string of the molecule is COc1ccc2c(N(C)C(=O)CCl)cc3cc(OC)c(OC)cc3c2c1. The third-order valence-electron chi connectivity index (χ3n) is 4.49. The number of amides is 1. The summed E-state index contributed by atoms with van der Waals surface area (Å²) in [5.74, 6) is 1.74. The van der Waals surface area contributed by atoms with Gasteiger partial charge in [0.25, 0.3) is 0 Å². The largest absolute Gasteiger partial charge is 0.497 e. The van der Waals surface area contributed by atoms with E-state index in [0.717, 1.165) is 33.0 Å². The first-order valence-corrected chi connectivity index (χ1v) is 8.56. The summed E-state index contributed by atoms with van der Waals surface area (Å²) in [6.07, 6.45) is 0. The summed E-state index contributed by atoms with van der Waals surface area (Å²) in [7, 11) is 6.54. The minimum atomic E-state index is -0.177. The van der Waals surface area contributed by atoms with E-state index < -0.39 is 0 Å². The topological polar surface area (TPSA) is 48.0 Å². The number of rotatable bonds is 5. The first-order chi connectivity index (χ1) is 12.5. The number of anilines is 1. The van der Waals surface area contributed by atoms with Crippen LogP contribution in [-0.2, 0) is 4.79 Å². The van der Waals surface area contributed by atoms with Gasteiger partial charge in [0.1, 0.15) is 11.6 Å². The van der Waals surface area contributed by atoms with Gasteiger partial charge in [0.2, 0.25) is 5.91 Å². The molecule has 3 aromatic rings. The van der Waals surface area contributed by atoms with Crippen molar-refractivity contribution in [1.82, 2.24) is 0 Å². The van der Waals surface area contributed by atoms with E-state index in [0.29, 0.717) is 11.5 Å². The number of nitrogens with zero attached hydrogens (tertiary/aromatic N) is 1. The van der Waals surface area contributed by atoms with E-state index in [-0.39, 0.29) is 11.8 Å². The van der Waals surface area contributed by atoms with Gasteiger partial charge in [0, 0.05) is 12.4 Å². The van der Waals surface area contributed by atoms with Gasteiger partial charge in [0.15, 0.2) is 11.5 Å². The Bertz CT molecular complexity index is 987. The molecule has 3 aromatic carbocycles. The van der Waals surface area contributed by atoms with Gasteiger partial charge in [-0.25, -0.2) is 0 Å². The van der Waals surface area contributed by atoms with E-state index in [1.54, 1.807) is 33.3 Å². The fraction of sp³-hybridized carbons (Fsp3) is 0.250. The van der Waals surface area contributed by atoms with E-state index in [9.17, 15) is 4.79 Å². The lowest BCUT2D eigenvalue weighted by molar-refractivity contribution is -0.116. The van der Waals surface area contributed by atoms with Crippen molar-refractivity contribution in [3.05, 3.63) is 36.4 Å². The van der Waals surface area contributed by atoms with Crippen LogP contribution in [0.15, 0.2) is 36.4 Å². The minimum Gasteiger partial charge on any atom is -0.497 e. The molecule has 3 rings (SSSR count). The van der Waals surface area contributed by atoms with E-state index in [1.165, 1.54) is 0 Å². The number of ether oxygens (including phenoxy) is 3. The summed E-state index contributed by atoms with van der Waals surface area (Å²) in [5, 5.41) is 3.78. The maximum absolute atomic E-state index is 12.2. The molecule has 0 aliphatic heterocycles. The van der Waals surface area contributed by atoms with Gasteiger partial charge in [-0.3, -0.25) is 4.79 Å². The number of methoxy groups -OCH3 is 3. The predicted octanol–water partition coefficient (Wildman–Crippen LogP) is 4.22. The molecule has 0 bridgehead atoms. The fourth-order valence-corrected chi connectivity index (χ4v) is 3.25. The Kier molecular flexibility index (Phi) is 5.09. The molecule has 1 amide bonds. The molecule has 0 atom stereocenters. The third-order valence-corrected chi connectivity index (χ3v) is 4.72. The van der Waals surface area contributed by atoms with Gasteiger partial charge in [-0.05, 0) is 52.6 Å². The first-order valence-electron chi connectivity index (χ1n) is 8.03. The molecule has 0 aromatic heterocycles. The van der Waals surface area contributed by atoms with Gasteiger partial charge in [-0.2, -0.15) is 0 Å². The van der Waals surface area contributed by atoms with Crippen molar-refractivity contribution in [2.45, 2.75) is 0 Å². The Morgan fingerprint density at radius 1 is 0.923 bits per heavy atom. The average molecular weight is 374 g/mol. The van der Waals surface area contributed by atoms with E-state index in [4.69, 9.17) is 25.8 Å². The second-order valence-electron chi connectivity index (χ2n) is 5.82. The number of fused-ring (bicyclic) bond motifs is 3. The number of halogens is 1. The van der Waals surface area contributed by atoms with Crippen molar-refractivity contribution < 1.29 is 19.0 Å². The third kappa shape index (κ3) is 2.99. The normalized spacial score (nSPS) is 10.8. The molecule has 0 saturated heterocycles. The van der Waals surface area contributed by atoms with Gasteiger partial charge in [-0.15, -0.1) is 11.6 Å². The zero-order valence-electron chi connectivity index (χ0n) is 15.1. The van der Waals surface area contributed by atoms with Crippen LogP contribution >= 0.6 is 11.6 Å². The number of benzene rings is 3. The van der Waals surface area contributed by atoms with Crippen molar-refractivity contribution in [2.24, 2.45) is 0 Å². The second-order valence-corrected chi connectivity index (χ2v) is 6.09. The monoisotopic (exact) mass is 373 g/mol. The molecule has 26 heavy (non-hydrogen) atoms. The van der Waals surface area contributed by atoms with Crippen LogP contribution in [0.3, 0.4) is 0 Å². The lowest BCUT2D eigenvalue weighted by atomic mass is 9.98. The molecular formula is C20H20ClNO4. The lowest BCUT2D eigenvalue weighted by Crippen LogP contribution is -2.27. The highest BCUT2D eigenvalue weighted by atomic mass is 35.5. The van der Waals surface area contributed by atoms with Crippen LogP contribution in [0.25, 0.3) is 21.5 Å². The Balaban J connectivity index is 2.42. The highest BCUT2D eigenvalue weighted by Crippen LogP contribution is 2.40. The Morgan fingerprint density at radius 2 is 1.62 bits per heavy atom. The number of carbonyl (C=O) groups excluding carboxylic acids is 1. The van der Waals surface area contributed by atoms with E-state index in [2.05, 4.69) is 0 Å². The van der Waals surface area contributed by atoms with Crippen molar-refractivity contribution in [1.29, 1.82) is 0 Å². The van der Waals surface area contributed by atoms with Crippen LogP contribution in [0.4, 0.5) is 5.69 Å². The predicted molar refractivity (Wildman–Crippen MR) is 105 cm³/mol. The molecule has 0 saturated carbocycles. The second kappa shape index (κ2) is 7.30. The van der Waals surface area contributed by atoms with Crippen LogP contribution in [0.5, 0.6) is 17.2 Å². The molecule has 0 N–H and O–H groups in total. The summed E-state index contributed by atoms with van der Waals surface area (Å²) in [6.45, 7) is 0. The molecule has 136 valence electrons. The highest BCUT2D eigenvalue weighted by Gasteiger charge is 2.17. The molecule has 6 heteroatoms. The number of hydrogen-bond acceptors (Lipinski definition) is 4. The van der Waals surface area contributed by atoms with Gasteiger partial charge in [-0.1, -0.05) is 0 Å². The van der Waals surface area contributed by atoms with Crippen molar-refractivity contribution in [3.8, 4) is 17.2 Å². The summed E-state index contributed by atoms with van der Waals surface area (Å²) < 4.78 is 16.2. The fourth-order valence-electron chi connectivity index (χ4n) is 3.07. The molecule has 0 radical (unpaired) electrons. The molecule has 5 nitrogen and oxygen atoms in total. The molecular weight excluding hydrogens is 354 g/mol. The smallest absolute Gasteiger partial charge is 0.241 e. The Hall–Kier alpha value is -2.66. The maximum Gasteiger partial charge on any atom is 0.241 e. The summed E-state index contributed by atoms with van der Waals surface area (Å²) in [6, 6.07) is 11.6. The summed E-state index contributed by atoms with van der Waals surface area (Å²) >= 11 is 5.75. The highest BCUT2D eigenvalue weighted by molar-refractivity contribution is 6.30. The van der Waals surface area contributed by atoms with Crippen LogP contribution in [0.2, 0.25) is 0 Å². The van der Waals surface area contributed by atoms with E-state index >= 15 is 0 Å². The molecule has 0 aliphatic carbocycles. The number of alkyl halides is 1. The van der Waals surface area contributed by atoms with Gasteiger partial charge in [0.05, 0.1) is 27.0 Å². The molecule has 0 unspecified atom stereocenters. The Labute approximate surface area is 157 Å². The minimum absolute atomic E-state index is 0.0852. The first kappa shape index (κ1) is 18.1. The average Bonchev–Trinajstić information content (AvgIpc) is 2.70. The quantitative estimate of drug-likeness (QED) is 0.496. The van der Waals surface area contributed by atoms with Crippen molar-refractivity contribution in [2.75, 3.05) is 39.2 Å². The molecule has 0 fully saturated rings.